The van der Waals surface area contributed by atoms with Gasteiger partial charge in [0.25, 0.3) is 0 Å². The number of ether oxygens (including phenoxy) is 1. The molecule has 0 saturated carbocycles. The summed E-state index contributed by atoms with van der Waals surface area (Å²) in [6.45, 7) is 4.67. The normalized spacial score (nSPS) is 20.8. The van der Waals surface area contributed by atoms with Crippen molar-refractivity contribution >= 4 is 40.8 Å². The predicted molar refractivity (Wildman–Crippen MR) is 142 cm³/mol. The number of aliphatic hydroxyl groups is 1. The first-order valence-electron chi connectivity index (χ1n) is 12.2. The van der Waals surface area contributed by atoms with E-state index in [9.17, 15) is 27.5 Å². The third kappa shape index (κ3) is 4.93. The van der Waals surface area contributed by atoms with Gasteiger partial charge in [0.15, 0.2) is 0 Å². The van der Waals surface area contributed by atoms with Gasteiger partial charge in [0, 0.05) is 66.7 Å². The van der Waals surface area contributed by atoms with Crippen molar-refractivity contribution in [2.24, 2.45) is 4.99 Å². The van der Waals surface area contributed by atoms with E-state index in [2.05, 4.69) is 11.6 Å². The number of hydrogen-bond donors (Lipinski definition) is 1. The molecule has 1 unspecified atom stereocenters. The van der Waals surface area contributed by atoms with Crippen LogP contribution >= 0.6 is 23.4 Å². The van der Waals surface area contributed by atoms with Crippen LogP contribution in [0, 0.1) is 11.6 Å². The summed E-state index contributed by atoms with van der Waals surface area (Å²) in [5.74, 6) is -2.25. The summed E-state index contributed by atoms with van der Waals surface area (Å²) < 4.78 is 78.3. The highest BCUT2D eigenvalue weighted by Gasteiger charge is 2.45. The fourth-order valence-electron chi connectivity index (χ4n) is 5.25. The Morgan fingerprint density at radius 1 is 1.20 bits per heavy atom. The summed E-state index contributed by atoms with van der Waals surface area (Å²) >= 11 is 6.94. The molecule has 14 heteroatoms. The molecule has 2 aromatic carbocycles. The minimum Gasteiger partial charge on any atom is -0.383 e. The van der Waals surface area contributed by atoms with Crippen LogP contribution in [0.15, 0.2) is 40.7 Å². The van der Waals surface area contributed by atoms with E-state index in [0.29, 0.717) is 6.07 Å². The standard InChI is InChI=1S/C26H24ClF5N4O3S/c1-3-20(37)34-4-6-35(7-5-34)24-15-8-16(26(30,31)32)21(14-9-17(27)19(29)10-18(14)28)23-22(15)36(25(38)33-24)13(11-39-2)12-40-23/h3,8-10,13,25,38H,1,4-7,11-12H2,2H3/t13-,25?/m0/s1. The maximum Gasteiger partial charge on any atom is 0.417 e. The number of thioether (sulfide) groups is 1. The topological polar surface area (TPSA) is 68.6 Å². The number of amides is 1. The molecule has 2 atom stereocenters. The van der Waals surface area contributed by atoms with Crippen LogP contribution in [0.4, 0.5) is 27.6 Å². The lowest BCUT2D eigenvalue weighted by atomic mass is 9.92. The number of carbonyl (C=O) groups excluding carboxylic acids is 1. The number of rotatable bonds is 4. The molecule has 1 fully saturated rings. The van der Waals surface area contributed by atoms with Crippen LogP contribution in [0.25, 0.3) is 11.1 Å². The maximum absolute atomic E-state index is 15.1. The van der Waals surface area contributed by atoms with Crippen molar-refractivity contribution in [3.05, 3.63) is 58.6 Å². The summed E-state index contributed by atoms with van der Waals surface area (Å²) in [5.41, 5.74) is -1.81. The minimum absolute atomic E-state index is 0.0608. The molecular weight excluding hydrogens is 579 g/mol. The van der Waals surface area contributed by atoms with E-state index < -0.39 is 51.9 Å². The van der Waals surface area contributed by atoms with Gasteiger partial charge in [-0.3, -0.25) is 4.79 Å². The lowest BCUT2D eigenvalue weighted by Crippen LogP contribution is -2.55. The first-order chi connectivity index (χ1) is 19.0. The minimum atomic E-state index is -4.93. The Morgan fingerprint density at radius 2 is 1.90 bits per heavy atom. The Bertz CT molecular complexity index is 1400. The second-order valence-electron chi connectivity index (χ2n) is 9.41. The third-order valence-electron chi connectivity index (χ3n) is 7.06. The van der Waals surface area contributed by atoms with E-state index in [1.807, 2.05) is 0 Å². The second kappa shape index (κ2) is 10.8. The van der Waals surface area contributed by atoms with Crippen LogP contribution in [0.1, 0.15) is 11.1 Å². The lowest BCUT2D eigenvalue weighted by molar-refractivity contribution is -0.137. The number of halogens is 6. The summed E-state index contributed by atoms with van der Waals surface area (Å²) in [6.07, 6.45) is -5.21. The Hall–Kier alpha value is -2.87. The van der Waals surface area contributed by atoms with Crippen LogP contribution < -0.4 is 4.90 Å². The number of aliphatic imine (C=N–C) groups is 1. The number of hydrogen-bond acceptors (Lipinski definition) is 7. The van der Waals surface area contributed by atoms with Gasteiger partial charge in [-0.25, -0.2) is 13.8 Å². The number of nitrogens with zero attached hydrogens (tertiary/aromatic N) is 4. The van der Waals surface area contributed by atoms with E-state index in [4.69, 9.17) is 16.3 Å². The fourth-order valence-corrected chi connectivity index (χ4v) is 6.74. The number of methoxy groups -OCH3 is 1. The largest absolute Gasteiger partial charge is 0.417 e. The van der Waals surface area contributed by atoms with Crippen molar-refractivity contribution in [3.8, 4) is 11.1 Å². The Morgan fingerprint density at radius 3 is 2.52 bits per heavy atom. The summed E-state index contributed by atoms with van der Waals surface area (Å²) in [4.78, 5) is 21.2. The molecule has 3 aliphatic heterocycles. The van der Waals surface area contributed by atoms with Gasteiger partial charge in [0.2, 0.25) is 12.3 Å². The summed E-state index contributed by atoms with van der Waals surface area (Å²) in [7, 11) is 1.46. The molecule has 0 aromatic heterocycles. The zero-order chi connectivity index (χ0) is 28.9. The summed E-state index contributed by atoms with van der Waals surface area (Å²) in [6, 6.07) is 1.72. The first-order valence-corrected chi connectivity index (χ1v) is 13.6. The smallest absolute Gasteiger partial charge is 0.383 e. The molecule has 1 saturated heterocycles. The fraction of sp³-hybridized carbons (Fsp3) is 0.385. The number of amidine groups is 1. The monoisotopic (exact) mass is 602 g/mol. The van der Waals surface area contributed by atoms with E-state index in [0.717, 1.165) is 23.9 Å². The highest BCUT2D eigenvalue weighted by Crippen LogP contribution is 2.53. The van der Waals surface area contributed by atoms with Crippen molar-refractivity contribution < 1.29 is 36.6 Å². The van der Waals surface area contributed by atoms with Crippen molar-refractivity contribution in [3.63, 3.8) is 0 Å². The third-order valence-corrected chi connectivity index (χ3v) is 8.59. The first kappa shape index (κ1) is 28.7. The second-order valence-corrected chi connectivity index (χ2v) is 10.8. The Labute approximate surface area is 235 Å². The van der Waals surface area contributed by atoms with Gasteiger partial charge in [-0.05, 0) is 18.2 Å². The molecule has 0 aliphatic carbocycles. The molecule has 1 N–H and O–H groups in total. The maximum atomic E-state index is 15.1. The number of aliphatic hydroxyl groups excluding tert-OH is 1. The number of piperazine rings is 1. The molecule has 0 bridgehead atoms. The van der Waals surface area contributed by atoms with Crippen LogP contribution in [0.2, 0.25) is 5.02 Å². The average molecular weight is 603 g/mol. The molecule has 214 valence electrons. The molecule has 5 rings (SSSR count). The number of carbonyl (C=O) groups is 1. The molecule has 0 radical (unpaired) electrons. The Kier molecular flexibility index (Phi) is 7.77. The molecule has 3 heterocycles. The molecule has 2 aromatic rings. The zero-order valence-electron chi connectivity index (χ0n) is 21.1. The highest BCUT2D eigenvalue weighted by molar-refractivity contribution is 7.99. The van der Waals surface area contributed by atoms with Crippen LogP contribution in [-0.4, -0.2) is 84.7 Å². The predicted octanol–water partition coefficient (Wildman–Crippen LogP) is 4.60. The van der Waals surface area contributed by atoms with Gasteiger partial charge in [-0.15, -0.1) is 11.8 Å². The Balaban J connectivity index is 1.73. The quantitative estimate of drug-likeness (QED) is 0.314. The van der Waals surface area contributed by atoms with Gasteiger partial charge >= 0.3 is 6.18 Å². The van der Waals surface area contributed by atoms with E-state index in [1.54, 1.807) is 9.80 Å². The summed E-state index contributed by atoms with van der Waals surface area (Å²) in [5, 5.41) is 10.6. The van der Waals surface area contributed by atoms with Crippen molar-refractivity contribution in [2.75, 3.05) is 50.5 Å². The molecule has 40 heavy (non-hydrogen) atoms. The van der Waals surface area contributed by atoms with Crippen molar-refractivity contribution in [2.45, 2.75) is 23.5 Å². The molecular formula is C26H24ClF5N4O3S. The van der Waals surface area contributed by atoms with Crippen molar-refractivity contribution in [1.82, 2.24) is 9.80 Å². The SMILES string of the molecule is C=CC(=O)N1CCN(C2=NC(O)N3c4c2cc(C(F)(F)F)c(-c2cc(Cl)c(F)cc2F)c4SC[C@@H]3COC)CC1. The lowest BCUT2D eigenvalue weighted by Gasteiger charge is -2.46. The van der Waals surface area contributed by atoms with Gasteiger partial charge in [-0.1, -0.05) is 18.2 Å². The molecule has 7 nitrogen and oxygen atoms in total. The number of anilines is 1. The van der Waals surface area contributed by atoms with Gasteiger partial charge in [0.05, 0.1) is 28.9 Å². The van der Waals surface area contributed by atoms with Gasteiger partial charge in [0.1, 0.15) is 17.5 Å². The number of benzene rings is 2. The van der Waals surface area contributed by atoms with E-state index in [1.165, 1.54) is 18.1 Å². The van der Waals surface area contributed by atoms with E-state index >= 15 is 4.39 Å². The average Bonchev–Trinajstić information content (AvgIpc) is 2.92. The van der Waals surface area contributed by atoms with Crippen molar-refractivity contribution in [1.29, 1.82) is 0 Å². The number of alkyl halides is 3. The zero-order valence-corrected chi connectivity index (χ0v) is 22.7. The van der Waals surface area contributed by atoms with Gasteiger partial charge in [-0.2, -0.15) is 13.2 Å². The van der Waals surface area contributed by atoms with Crippen LogP contribution in [0.5, 0.6) is 0 Å². The van der Waals surface area contributed by atoms with Crippen LogP contribution in [-0.2, 0) is 15.7 Å². The van der Waals surface area contributed by atoms with Gasteiger partial charge < -0.3 is 24.5 Å². The van der Waals surface area contributed by atoms with Crippen LogP contribution in [0.3, 0.4) is 0 Å². The highest BCUT2D eigenvalue weighted by atomic mass is 35.5. The molecule has 0 spiro atoms. The molecule has 3 aliphatic rings. The van der Waals surface area contributed by atoms with E-state index in [-0.39, 0.29) is 66.4 Å². The molecule has 1 amide bonds.